The number of hydrogen-bond donors (Lipinski definition) is 1. The number of halogens is 2. The van der Waals surface area contributed by atoms with Crippen molar-refractivity contribution in [3.05, 3.63) is 34.3 Å². The van der Waals surface area contributed by atoms with Crippen LogP contribution in [0.15, 0.2) is 18.2 Å². The molecule has 2 nitrogen and oxygen atoms in total. The van der Waals surface area contributed by atoms with E-state index in [1.54, 1.807) is 6.07 Å². The summed E-state index contributed by atoms with van der Waals surface area (Å²) in [5.74, 6) is 0.119. The number of aryl methyl sites for hydroxylation is 1. The molecule has 0 heterocycles. The Bertz CT molecular complexity index is 416. The Balaban J connectivity index is 0.00000144. The molecule has 0 radical (unpaired) electrons. The molecular weight excluding hydrogens is 257 g/mol. The first-order valence-electron chi connectivity index (χ1n) is 5.64. The van der Waals surface area contributed by atoms with E-state index in [4.69, 9.17) is 11.6 Å². The van der Waals surface area contributed by atoms with Crippen molar-refractivity contribution < 1.29 is 4.79 Å². The Morgan fingerprint density at radius 2 is 2.12 bits per heavy atom. The molecule has 0 aromatic heterocycles. The van der Waals surface area contributed by atoms with Crippen molar-refractivity contribution in [3.63, 3.8) is 0 Å². The fraction of sp³-hybridized carbons (Fsp3) is 0.462. The molecule has 1 aliphatic carbocycles. The van der Waals surface area contributed by atoms with E-state index in [1.165, 1.54) is 12.8 Å². The Morgan fingerprint density at radius 3 is 2.65 bits per heavy atom. The molecule has 1 atom stereocenters. The number of hydrogen-bond acceptors (Lipinski definition) is 2. The predicted molar refractivity (Wildman–Crippen MR) is 73.4 cm³/mol. The molecule has 4 heteroatoms. The monoisotopic (exact) mass is 273 g/mol. The van der Waals surface area contributed by atoms with Crippen LogP contribution in [0.1, 0.15) is 35.7 Å². The molecule has 0 saturated heterocycles. The molecule has 1 saturated carbocycles. The first kappa shape index (κ1) is 14.5. The van der Waals surface area contributed by atoms with Crippen molar-refractivity contribution in [2.75, 3.05) is 0 Å². The summed E-state index contributed by atoms with van der Waals surface area (Å²) in [6.07, 6.45) is 2.37. The van der Waals surface area contributed by atoms with Gasteiger partial charge in [-0.1, -0.05) is 23.7 Å². The van der Waals surface area contributed by atoms with Gasteiger partial charge >= 0.3 is 0 Å². The number of carbonyl (C=O) groups excluding carboxylic acids is 1. The predicted octanol–water partition coefficient (Wildman–Crippen LogP) is 3.39. The topological polar surface area (TPSA) is 29.1 Å². The minimum absolute atomic E-state index is 0. The lowest BCUT2D eigenvalue weighted by Crippen LogP contribution is -2.35. The van der Waals surface area contributed by atoms with Gasteiger partial charge in [-0.3, -0.25) is 4.79 Å². The third kappa shape index (κ3) is 3.70. The van der Waals surface area contributed by atoms with Crippen molar-refractivity contribution in [3.8, 4) is 0 Å². The van der Waals surface area contributed by atoms with Crippen LogP contribution in [0.4, 0.5) is 0 Å². The molecule has 17 heavy (non-hydrogen) atoms. The van der Waals surface area contributed by atoms with Crippen molar-refractivity contribution >= 4 is 29.8 Å². The van der Waals surface area contributed by atoms with E-state index in [0.29, 0.717) is 16.6 Å². The van der Waals surface area contributed by atoms with E-state index in [1.807, 2.05) is 26.0 Å². The molecule has 1 N–H and O–H groups in total. The van der Waals surface area contributed by atoms with Gasteiger partial charge in [0.1, 0.15) is 0 Å². The summed E-state index contributed by atoms with van der Waals surface area (Å²) < 4.78 is 0. The maximum Gasteiger partial charge on any atom is 0.179 e. The lowest BCUT2D eigenvalue weighted by atomic mass is 10.0. The number of benzene rings is 1. The Morgan fingerprint density at radius 1 is 1.47 bits per heavy atom. The van der Waals surface area contributed by atoms with Gasteiger partial charge in [-0.25, -0.2) is 0 Å². The normalized spacial score (nSPS) is 16.2. The van der Waals surface area contributed by atoms with E-state index < -0.39 is 0 Å². The first-order chi connectivity index (χ1) is 7.58. The Kier molecular flexibility index (Phi) is 4.99. The number of nitrogens with one attached hydrogen (secondary N) is 1. The van der Waals surface area contributed by atoms with Gasteiger partial charge in [-0.2, -0.15) is 0 Å². The minimum Gasteiger partial charge on any atom is -0.305 e. The molecule has 1 unspecified atom stereocenters. The molecule has 1 aromatic rings. The second-order valence-electron chi connectivity index (χ2n) is 4.49. The highest BCUT2D eigenvalue weighted by atomic mass is 35.5. The molecule has 94 valence electrons. The molecule has 0 aliphatic heterocycles. The van der Waals surface area contributed by atoms with Crippen molar-refractivity contribution in [1.29, 1.82) is 0 Å². The lowest BCUT2D eigenvalue weighted by molar-refractivity contribution is 0.0950. The molecule has 1 aromatic carbocycles. The number of ketones is 1. The van der Waals surface area contributed by atoms with Crippen LogP contribution in [0.25, 0.3) is 0 Å². The molecule has 0 bridgehead atoms. The van der Waals surface area contributed by atoms with Gasteiger partial charge in [-0.15, -0.1) is 12.4 Å². The quantitative estimate of drug-likeness (QED) is 0.853. The zero-order valence-corrected chi connectivity index (χ0v) is 11.6. The van der Waals surface area contributed by atoms with E-state index >= 15 is 0 Å². The molecule has 0 amide bonds. The Labute approximate surface area is 113 Å². The zero-order valence-electron chi connectivity index (χ0n) is 10.00. The van der Waals surface area contributed by atoms with Gasteiger partial charge in [0, 0.05) is 16.6 Å². The van der Waals surface area contributed by atoms with Gasteiger partial charge < -0.3 is 5.32 Å². The van der Waals surface area contributed by atoms with Gasteiger partial charge in [0.05, 0.1) is 6.04 Å². The van der Waals surface area contributed by atoms with Gasteiger partial charge in [-0.05, 0) is 38.3 Å². The highest BCUT2D eigenvalue weighted by Gasteiger charge is 2.26. The van der Waals surface area contributed by atoms with Crippen LogP contribution >= 0.6 is 24.0 Å². The Hall–Kier alpha value is -0.570. The second kappa shape index (κ2) is 5.85. The number of carbonyl (C=O) groups is 1. The summed E-state index contributed by atoms with van der Waals surface area (Å²) in [5, 5.41) is 3.95. The zero-order chi connectivity index (χ0) is 11.7. The largest absolute Gasteiger partial charge is 0.305 e. The van der Waals surface area contributed by atoms with Crippen LogP contribution in [-0.2, 0) is 0 Å². The van der Waals surface area contributed by atoms with Gasteiger partial charge in [0.25, 0.3) is 0 Å². The van der Waals surface area contributed by atoms with E-state index in [9.17, 15) is 4.79 Å². The number of rotatable bonds is 4. The average molecular weight is 274 g/mol. The second-order valence-corrected chi connectivity index (χ2v) is 4.90. The highest BCUT2D eigenvalue weighted by Crippen LogP contribution is 2.21. The van der Waals surface area contributed by atoms with Gasteiger partial charge in [0.15, 0.2) is 5.78 Å². The number of Topliss-reactive ketones (excluding diaryl/α,β-unsaturated/α-hetero) is 1. The fourth-order valence-electron chi connectivity index (χ4n) is 1.68. The van der Waals surface area contributed by atoms with Crippen LogP contribution in [0.3, 0.4) is 0 Å². The smallest absolute Gasteiger partial charge is 0.179 e. The SMILES string of the molecule is Cc1ccc(C(=O)C(C)NC2CC2)cc1Cl.Cl. The van der Waals surface area contributed by atoms with Crippen LogP contribution in [0.2, 0.25) is 5.02 Å². The van der Waals surface area contributed by atoms with Crippen LogP contribution in [0, 0.1) is 6.92 Å². The average Bonchev–Trinajstić information content (AvgIpc) is 3.05. The molecule has 1 aliphatic rings. The van der Waals surface area contributed by atoms with Gasteiger partial charge in [0.2, 0.25) is 0 Å². The van der Waals surface area contributed by atoms with Crippen LogP contribution in [-0.4, -0.2) is 17.9 Å². The third-order valence-corrected chi connectivity index (χ3v) is 3.32. The van der Waals surface area contributed by atoms with Crippen LogP contribution in [0.5, 0.6) is 0 Å². The first-order valence-corrected chi connectivity index (χ1v) is 6.02. The molecule has 0 spiro atoms. The summed E-state index contributed by atoms with van der Waals surface area (Å²) in [4.78, 5) is 12.1. The lowest BCUT2D eigenvalue weighted by Gasteiger charge is -2.12. The highest BCUT2D eigenvalue weighted by molar-refractivity contribution is 6.31. The summed E-state index contributed by atoms with van der Waals surface area (Å²) in [5.41, 5.74) is 1.69. The molecular formula is C13H17Cl2NO. The van der Waals surface area contributed by atoms with E-state index in [0.717, 1.165) is 5.56 Å². The van der Waals surface area contributed by atoms with E-state index in [-0.39, 0.29) is 24.2 Å². The minimum atomic E-state index is -0.119. The summed E-state index contributed by atoms with van der Waals surface area (Å²) in [7, 11) is 0. The standard InChI is InChI=1S/C13H16ClNO.ClH/c1-8-3-4-10(7-12(8)14)13(16)9(2)15-11-5-6-11;/h3-4,7,9,11,15H,5-6H2,1-2H3;1H. The third-order valence-electron chi connectivity index (χ3n) is 2.91. The summed E-state index contributed by atoms with van der Waals surface area (Å²) >= 11 is 6.01. The maximum absolute atomic E-state index is 12.1. The fourth-order valence-corrected chi connectivity index (χ4v) is 1.86. The molecule has 2 rings (SSSR count). The van der Waals surface area contributed by atoms with Crippen molar-refractivity contribution in [2.24, 2.45) is 0 Å². The van der Waals surface area contributed by atoms with Crippen molar-refractivity contribution in [1.82, 2.24) is 5.32 Å². The van der Waals surface area contributed by atoms with E-state index in [2.05, 4.69) is 5.32 Å². The molecule has 1 fully saturated rings. The summed E-state index contributed by atoms with van der Waals surface area (Å²) in [6, 6.07) is 5.91. The van der Waals surface area contributed by atoms with Crippen molar-refractivity contribution in [2.45, 2.75) is 38.8 Å². The maximum atomic E-state index is 12.1. The summed E-state index contributed by atoms with van der Waals surface area (Å²) in [6.45, 7) is 3.84. The van der Waals surface area contributed by atoms with Crippen LogP contribution < -0.4 is 5.32 Å².